The second-order valence-corrected chi connectivity index (χ2v) is 11.3. The SMILES string of the molecule is CCC(CC)c1nnc(NC(=O)[C@@H]2CCCN2C(=O)C23CC4CC(CC(C4)C2)C3)s1. The van der Waals surface area contributed by atoms with E-state index in [1.54, 1.807) is 0 Å². The van der Waals surface area contributed by atoms with Gasteiger partial charge in [0, 0.05) is 12.5 Å². The molecule has 1 saturated heterocycles. The monoisotopic (exact) mass is 430 g/mol. The Morgan fingerprint density at radius 2 is 1.73 bits per heavy atom. The maximum absolute atomic E-state index is 13.8. The molecule has 2 heterocycles. The maximum Gasteiger partial charge on any atom is 0.249 e. The molecule has 4 bridgehead atoms. The van der Waals surface area contributed by atoms with Gasteiger partial charge in [-0.05, 0) is 82.0 Å². The number of aromatic nitrogens is 2. The van der Waals surface area contributed by atoms with Crippen LogP contribution < -0.4 is 5.32 Å². The highest BCUT2D eigenvalue weighted by Crippen LogP contribution is 2.60. The van der Waals surface area contributed by atoms with Gasteiger partial charge in [0.25, 0.3) is 0 Å². The zero-order valence-electron chi connectivity index (χ0n) is 18.2. The van der Waals surface area contributed by atoms with Crippen molar-refractivity contribution in [2.24, 2.45) is 23.2 Å². The molecule has 4 aliphatic carbocycles. The number of hydrogen-bond donors (Lipinski definition) is 1. The first kappa shape index (κ1) is 20.4. The lowest BCUT2D eigenvalue weighted by Crippen LogP contribution is -2.56. The Balaban J connectivity index is 1.28. The average Bonchev–Trinajstić information content (AvgIpc) is 3.37. The van der Waals surface area contributed by atoms with Gasteiger partial charge in [0.2, 0.25) is 16.9 Å². The van der Waals surface area contributed by atoms with Crippen molar-refractivity contribution in [3.63, 3.8) is 0 Å². The number of likely N-dealkylation sites (tertiary alicyclic amines) is 1. The first-order valence-corrected chi connectivity index (χ1v) is 12.8. The van der Waals surface area contributed by atoms with E-state index in [2.05, 4.69) is 29.4 Å². The van der Waals surface area contributed by atoms with Crippen molar-refractivity contribution in [2.45, 2.75) is 90.0 Å². The number of amides is 2. The van der Waals surface area contributed by atoms with Gasteiger partial charge in [-0.15, -0.1) is 10.2 Å². The number of rotatable bonds is 6. The van der Waals surface area contributed by atoms with Gasteiger partial charge < -0.3 is 4.90 Å². The van der Waals surface area contributed by atoms with Gasteiger partial charge in [0.1, 0.15) is 11.0 Å². The molecule has 30 heavy (non-hydrogen) atoms. The fourth-order valence-corrected chi connectivity index (χ4v) is 8.25. The van der Waals surface area contributed by atoms with Crippen LogP contribution in [-0.4, -0.2) is 39.5 Å². The second-order valence-electron chi connectivity index (χ2n) is 10.3. The molecule has 1 N–H and O–H groups in total. The Bertz CT molecular complexity index is 783. The van der Waals surface area contributed by atoms with Crippen LogP contribution in [0.3, 0.4) is 0 Å². The molecule has 164 valence electrons. The van der Waals surface area contributed by atoms with Gasteiger partial charge in [0.15, 0.2) is 0 Å². The molecule has 7 heteroatoms. The highest BCUT2D eigenvalue weighted by atomic mass is 32.1. The topological polar surface area (TPSA) is 75.2 Å². The largest absolute Gasteiger partial charge is 0.330 e. The van der Waals surface area contributed by atoms with Crippen molar-refractivity contribution >= 4 is 28.3 Å². The molecule has 0 radical (unpaired) electrons. The molecule has 0 spiro atoms. The van der Waals surface area contributed by atoms with E-state index in [0.717, 1.165) is 67.7 Å². The van der Waals surface area contributed by atoms with Gasteiger partial charge >= 0.3 is 0 Å². The van der Waals surface area contributed by atoms with Crippen LogP contribution in [0.5, 0.6) is 0 Å². The maximum atomic E-state index is 13.8. The lowest BCUT2D eigenvalue weighted by molar-refractivity contribution is -0.160. The summed E-state index contributed by atoms with van der Waals surface area (Å²) in [6.07, 6.45) is 10.8. The summed E-state index contributed by atoms with van der Waals surface area (Å²) in [5.41, 5.74) is -0.178. The quantitative estimate of drug-likeness (QED) is 0.716. The van der Waals surface area contributed by atoms with Gasteiger partial charge in [-0.2, -0.15) is 0 Å². The van der Waals surface area contributed by atoms with E-state index in [1.807, 2.05) is 4.90 Å². The summed E-state index contributed by atoms with van der Waals surface area (Å²) in [6, 6.07) is -0.356. The van der Waals surface area contributed by atoms with Crippen LogP contribution in [0, 0.1) is 23.2 Å². The van der Waals surface area contributed by atoms with Crippen LogP contribution >= 0.6 is 11.3 Å². The minimum Gasteiger partial charge on any atom is -0.330 e. The molecular weight excluding hydrogens is 396 g/mol. The van der Waals surface area contributed by atoms with Gasteiger partial charge in [-0.3, -0.25) is 14.9 Å². The van der Waals surface area contributed by atoms with Crippen molar-refractivity contribution in [1.82, 2.24) is 15.1 Å². The van der Waals surface area contributed by atoms with E-state index < -0.39 is 0 Å². The van der Waals surface area contributed by atoms with E-state index in [4.69, 9.17) is 0 Å². The van der Waals surface area contributed by atoms with Crippen LogP contribution in [0.15, 0.2) is 0 Å². The lowest BCUT2D eigenvalue weighted by atomic mass is 9.49. The average molecular weight is 431 g/mol. The minimum absolute atomic E-state index is 0.0853. The smallest absolute Gasteiger partial charge is 0.249 e. The van der Waals surface area contributed by atoms with Crippen molar-refractivity contribution < 1.29 is 9.59 Å². The van der Waals surface area contributed by atoms with Crippen molar-refractivity contribution in [3.05, 3.63) is 5.01 Å². The number of carbonyl (C=O) groups excluding carboxylic acids is 2. The molecule has 1 aliphatic heterocycles. The summed E-state index contributed by atoms with van der Waals surface area (Å²) in [5.74, 6) is 2.79. The standard InChI is InChI=1S/C23H34N4O2S/c1-3-17(4-2)20-25-26-22(30-20)24-19(28)18-6-5-7-27(18)21(29)23-11-14-8-15(12-23)10-16(9-14)13-23/h14-18H,3-13H2,1-2H3,(H,24,26,28)/t14?,15?,16?,18-,23?/m0/s1. The van der Waals surface area contributed by atoms with E-state index in [9.17, 15) is 9.59 Å². The third-order valence-corrected chi connectivity index (χ3v) is 9.32. The Morgan fingerprint density at radius 1 is 1.10 bits per heavy atom. The van der Waals surface area contributed by atoms with Crippen LogP contribution in [0.25, 0.3) is 0 Å². The first-order chi connectivity index (χ1) is 14.5. The Hall–Kier alpha value is -1.50. The van der Waals surface area contributed by atoms with E-state index in [0.29, 0.717) is 17.6 Å². The molecule has 4 saturated carbocycles. The molecule has 2 amide bonds. The van der Waals surface area contributed by atoms with Crippen LogP contribution in [0.2, 0.25) is 0 Å². The number of nitrogens with zero attached hydrogens (tertiary/aromatic N) is 3. The van der Waals surface area contributed by atoms with E-state index >= 15 is 0 Å². The third-order valence-electron chi connectivity index (χ3n) is 8.31. The van der Waals surface area contributed by atoms with Crippen LogP contribution in [-0.2, 0) is 9.59 Å². The molecule has 6 nitrogen and oxygen atoms in total. The highest BCUT2D eigenvalue weighted by Gasteiger charge is 2.56. The summed E-state index contributed by atoms with van der Waals surface area (Å²) >= 11 is 1.48. The van der Waals surface area contributed by atoms with Crippen LogP contribution in [0.4, 0.5) is 5.13 Å². The van der Waals surface area contributed by atoms with Crippen LogP contribution in [0.1, 0.15) is 89.0 Å². The molecular formula is C23H34N4O2S. The number of anilines is 1. The minimum atomic E-state index is -0.356. The van der Waals surface area contributed by atoms with Gasteiger partial charge in [0.05, 0.1) is 5.41 Å². The number of hydrogen-bond acceptors (Lipinski definition) is 5. The Labute approximate surface area is 183 Å². The predicted molar refractivity (Wildman–Crippen MR) is 117 cm³/mol. The molecule has 1 aromatic heterocycles. The van der Waals surface area contributed by atoms with Gasteiger partial charge in [-0.25, -0.2) is 0 Å². The van der Waals surface area contributed by atoms with Crippen molar-refractivity contribution in [3.8, 4) is 0 Å². The summed E-state index contributed by atoms with van der Waals surface area (Å²) < 4.78 is 0. The lowest BCUT2D eigenvalue weighted by Gasteiger charge is -2.56. The molecule has 0 aromatic carbocycles. The number of carbonyl (C=O) groups is 2. The highest BCUT2D eigenvalue weighted by molar-refractivity contribution is 7.15. The van der Waals surface area contributed by atoms with E-state index in [-0.39, 0.29) is 23.3 Å². The molecule has 1 aromatic rings. The Kier molecular flexibility index (Phi) is 5.36. The Morgan fingerprint density at radius 3 is 2.33 bits per heavy atom. The van der Waals surface area contributed by atoms with Crippen molar-refractivity contribution in [2.75, 3.05) is 11.9 Å². The summed E-state index contributed by atoms with van der Waals surface area (Å²) in [6.45, 7) is 5.02. The zero-order chi connectivity index (χ0) is 20.9. The second kappa shape index (κ2) is 7.88. The molecule has 5 fully saturated rings. The summed E-state index contributed by atoms with van der Waals surface area (Å²) in [4.78, 5) is 28.8. The molecule has 0 unspecified atom stereocenters. The van der Waals surface area contributed by atoms with Crippen molar-refractivity contribution in [1.29, 1.82) is 0 Å². The number of nitrogens with one attached hydrogen (secondary N) is 1. The fraction of sp³-hybridized carbons (Fsp3) is 0.826. The normalized spacial score (nSPS) is 34.7. The first-order valence-electron chi connectivity index (χ1n) is 12.0. The fourth-order valence-electron chi connectivity index (χ4n) is 7.24. The molecule has 5 aliphatic rings. The summed E-state index contributed by atoms with van der Waals surface area (Å²) in [5, 5.41) is 13.0. The zero-order valence-corrected chi connectivity index (χ0v) is 19.0. The summed E-state index contributed by atoms with van der Waals surface area (Å²) in [7, 11) is 0. The molecule has 6 rings (SSSR count). The predicted octanol–water partition coefficient (Wildman–Crippen LogP) is 4.59. The third kappa shape index (κ3) is 3.47. The van der Waals surface area contributed by atoms with Gasteiger partial charge in [-0.1, -0.05) is 25.2 Å². The van der Waals surface area contributed by atoms with E-state index in [1.165, 1.54) is 30.6 Å². The molecule has 1 atom stereocenters.